The molecule has 3 aromatic rings. The van der Waals surface area contributed by atoms with Crippen LogP contribution in [-0.2, 0) is 6.42 Å². The molecule has 0 radical (unpaired) electrons. The van der Waals surface area contributed by atoms with E-state index in [1.807, 2.05) is 35.9 Å². The molecular formula is C17H16N4O3. The quantitative estimate of drug-likeness (QED) is 0.577. The molecule has 0 atom stereocenters. The fourth-order valence-corrected chi connectivity index (χ4v) is 2.44. The normalized spacial score (nSPS) is 10.7. The molecule has 0 saturated carbocycles. The highest BCUT2D eigenvalue weighted by molar-refractivity contribution is 5.94. The molecule has 0 saturated heterocycles. The minimum absolute atomic E-state index is 0.0987. The number of carbonyl (C=O) groups is 1. The Hall–Kier alpha value is -3.22. The van der Waals surface area contributed by atoms with Crippen LogP contribution in [0.4, 0.5) is 5.69 Å². The lowest BCUT2D eigenvalue weighted by molar-refractivity contribution is -0.384. The number of amides is 1. The fraction of sp³-hybridized carbons (Fsp3) is 0.176. The van der Waals surface area contributed by atoms with E-state index in [1.54, 1.807) is 6.07 Å². The highest BCUT2D eigenvalue weighted by Gasteiger charge is 2.11. The van der Waals surface area contributed by atoms with Gasteiger partial charge in [0.15, 0.2) is 0 Å². The van der Waals surface area contributed by atoms with E-state index >= 15 is 0 Å². The van der Waals surface area contributed by atoms with Gasteiger partial charge in [-0.25, -0.2) is 4.98 Å². The van der Waals surface area contributed by atoms with Crippen molar-refractivity contribution < 1.29 is 9.72 Å². The van der Waals surface area contributed by atoms with Gasteiger partial charge in [-0.1, -0.05) is 12.1 Å². The molecule has 2 heterocycles. The van der Waals surface area contributed by atoms with Crippen molar-refractivity contribution in [2.45, 2.75) is 13.3 Å². The molecule has 1 amide bonds. The van der Waals surface area contributed by atoms with Crippen molar-refractivity contribution in [3.05, 3.63) is 75.7 Å². The Labute approximate surface area is 138 Å². The standard InChI is InChI=1S/C17H16N4O3/c1-12-5-6-16-19-14(11-20(16)10-12)7-8-18-17(22)13-3-2-4-15(9-13)21(23)24/h2-6,9-11H,7-8H2,1H3,(H,18,22). The van der Waals surface area contributed by atoms with Gasteiger partial charge in [0.05, 0.1) is 10.6 Å². The molecule has 2 aromatic heterocycles. The first-order chi connectivity index (χ1) is 11.5. The number of pyridine rings is 1. The fourth-order valence-electron chi connectivity index (χ4n) is 2.44. The number of nitrogens with zero attached hydrogens (tertiary/aromatic N) is 3. The Balaban J connectivity index is 1.61. The van der Waals surface area contributed by atoms with Crippen LogP contribution in [0.1, 0.15) is 21.6 Å². The second kappa shape index (κ2) is 6.49. The lowest BCUT2D eigenvalue weighted by Crippen LogP contribution is -2.25. The summed E-state index contributed by atoms with van der Waals surface area (Å²) in [5, 5.41) is 13.5. The Morgan fingerprint density at radius 1 is 1.29 bits per heavy atom. The molecule has 0 bridgehead atoms. The SMILES string of the molecule is Cc1ccc2nc(CCNC(=O)c3cccc([N+](=O)[O-])c3)cn2c1. The zero-order chi connectivity index (χ0) is 17.1. The van der Waals surface area contributed by atoms with Gasteiger partial charge < -0.3 is 9.72 Å². The summed E-state index contributed by atoms with van der Waals surface area (Å²) in [5.74, 6) is -0.335. The molecule has 122 valence electrons. The summed E-state index contributed by atoms with van der Waals surface area (Å²) in [6.07, 6.45) is 4.51. The number of aryl methyl sites for hydroxylation is 1. The van der Waals surface area contributed by atoms with Gasteiger partial charge in [-0.15, -0.1) is 0 Å². The van der Waals surface area contributed by atoms with E-state index in [1.165, 1.54) is 18.2 Å². The molecule has 0 aliphatic rings. The van der Waals surface area contributed by atoms with Gasteiger partial charge in [-0.05, 0) is 24.6 Å². The van der Waals surface area contributed by atoms with Crippen LogP contribution in [-0.4, -0.2) is 26.8 Å². The number of benzene rings is 1. The molecule has 0 unspecified atom stereocenters. The van der Waals surface area contributed by atoms with Crippen LogP contribution in [0.2, 0.25) is 0 Å². The first-order valence-electron chi connectivity index (χ1n) is 7.50. The zero-order valence-corrected chi connectivity index (χ0v) is 13.1. The van der Waals surface area contributed by atoms with Crippen LogP contribution in [0.25, 0.3) is 5.65 Å². The average Bonchev–Trinajstić information content (AvgIpc) is 2.96. The number of hydrogen-bond donors (Lipinski definition) is 1. The number of imidazole rings is 1. The van der Waals surface area contributed by atoms with Crippen molar-refractivity contribution in [1.29, 1.82) is 0 Å². The Kier molecular flexibility index (Phi) is 4.24. The molecular weight excluding hydrogens is 308 g/mol. The third kappa shape index (κ3) is 3.40. The number of hydrogen-bond acceptors (Lipinski definition) is 4. The van der Waals surface area contributed by atoms with Crippen LogP contribution < -0.4 is 5.32 Å². The monoisotopic (exact) mass is 324 g/mol. The Morgan fingerprint density at radius 2 is 2.12 bits per heavy atom. The molecule has 0 spiro atoms. The maximum atomic E-state index is 12.1. The van der Waals surface area contributed by atoms with Crippen LogP contribution in [0.3, 0.4) is 0 Å². The van der Waals surface area contributed by atoms with E-state index in [-0.39, 0.29) is 17.2 Å². The highest BCUT2D eigenvalue weighted by Crippen LogP contribution is 2.13. The molecule has 1 aromatic carbocycles. The maximum absolute atomic E-state index is 12.1. The second-order valence-electron chi connectivity index (χ2n) is 5.52. The number of fused-ring (bicyclic) bond motifs is 1. The maximum Gasteiger partial charge on any atom is 0.270 e. The summed E-state index contributed by atoms with van der Waals surface area (Å²) in [6.45, 7) is 2.42. The van der Waals surface area contributed by atoms with E-state index in [4.69, 9.17) is 0 Å². The van der Waals surface area contributed by atoms with Crippen molar-refractivity contribution in [3.63, 3.8) is 0 Å². The average molecular weight is 324 g/mol. The molecule has 7 nitrogen and oxygen atoms in total. The third-order valence-corrected chi connectivity index (χ3v) is 3.63. The highest BCUT2D eigenvalue weighted by atomic mass is 16.6. The van der Waals surface area contributed by atoms with Gasteiger partial charge >= 0.3 is 0 Å². The van der Waals surface area contributed by atoms with E-state index in [9.17, 15) is 14.9 Å². The van der Waals surface area contributed by atoms with Crippen molar-refractivity contribution >= 4 is 17.2 Å². The van der Waals surface area contributed by atoms with Crippen molar-refractivity contribution in [1.82, 2.24) is 14.7 Å². The van der Waals surface area contributed by atoms with E-state index in [2.05, 4.69) is 10.3 Å². The topological polar surface area (TPSA) is 89.5 Å². The molecule has 0 fully saturated rings. The number of non-ortho nitro benzene ring substituents is 1. The minimum Gasteiger partial charge on any atom is -0.352 e. The van der Waals surface area contributed by atoms with Gasteiger partial charge in [0.25, 0.3) is 11.6 Å². The number of carbonyl (C=O) groups excluding carboxylic acids is 1. The summed E-state index contributed by atoms with van der Waals surface area (Å²) >= 11 is 0. The van der Waals surface area contributed by atoms with E-state index < -0.39 is 4.92 Å². The molecule has 24 heavy (non-hydrogen) atoms. The summed E-state index contributed by atoms with van der Waals surface area (Å²) in [4.78, 5) is 26.8. The van der Waals surface area contributed by atoms with E-state index in [0.717, 1.165) is 16.9 Å². The first-order valence-corrected chi connectivity index (χ1v) is 7.50. The number of nitro groups is 1. The minimum atomic E-state index is -0.518. The van der Waals surface area contributed by atoms with Crippen LogP contribution >= 0.6 is 0 Å². The predicted molar refractivity (Wildman–Crippen MR) is 89.1 cm³/mol. The zero-order valence-electron chi connectivity index (χ0n) is 13.1. The smallest absolute Gasteiger partial charge is 0.270 e. The van der Waals surface area contributed by atoms with Crippen molar-refractivity contribution in [2.24, 2.45) is 0 Å². The van der Waals surface area contributed by atoms with Gasteiger partial charge in [0, 0.05) is 43.1 Å². The summed E-state index contributed by atoms with van der Waals surface area (Å²) in [5.41, 5.74) is 3.05. The Bertz CT molecular complexity index is 917. The molecule has 7 heteroatoms. The number of nitro benzene ring substituents is 1. The largest absolute Gasteiger partial charge is 0.352 e. The van der Waals surface area contributed by atoms with Crippen molar-refractivity contribution in [2.75, 3.05) is 6.54 Å². The molecule has 1 N–H and O–H groups in total. The summed E-state index contributed by atoms with van der Waals surface area (Å²) < 4.78 is 1.95. The lowest BCUT2D eigenvalue weighted by atomic mass is 10.2. The van der Waals surface area contributed by atoms with Crippen molar-refractivity contribution in [3.8, 4) is 0 Å². The first kappa shape index (κ1) is 15.7. The predicted octanol–water partition coefficient (Wildman–Crippen LogP) is 2.52. The number of nitrogens with one attached hydrogen (secondary N) is 1. The molecule has 3 rings (SSSR count). The Morgan fingerprint density at radius 3 is 2.92 bits per heavy atom. The molecule has 0 aliphatic heterocycles. The van der Waals surface area contributed by atoms with Gasteiger partial charge in [-0.2, -0.15) is 0 Å². The number of aromatic nitrogens is 2. The lowest BCUT2D eigenvalue weighted by Gasteiger charge is -2.03. The van der Waals surface area contributed by atoms with Gasteiger partial charge in [0.1, 0.15) is 5.65 Å². The summed E-state index contributed by atoms with van der Waals surface area (Å²) in [6, 6.07) is 9.61. The van der Waals surface area contributed by atoms with Gasteiger partial charge in [-0.3, -0.25) is 14.9 Å². The summed E-state index contributed by atoms with van der Waals surface area (Å²) in [7, 11) is 0. The van der Waals surface area contributed by atoms with Crippen LogP contribution in [0.5, 0.6) is 0 Å². The van der Waals surface area contributed by atoms with Crippen LogP contribution in [0, 0.1) is 17.0 Å². The molecule has 0 aliphatic carbocycles. The third-order valence-electron chi connectivity index (χ3n) is 3.63. The number of rotatable bonds is 5. The van der Waals surface area contributed by atoms with Gasteiger partial charge in [0.2, 0.25) is 0 Å². The van der Waals surface area contributed by atoms with Crippen LogP contribution in [0.15, 0.2) is 48.8 Å². The van der Waals surface area contributed by atoms with E-state index in [0.29, 0.717) is 13.0 Å². The second-order valence-corrected chi connectivity index (χ2v) is 5.52.